The molecule has 34 heavy (non-hydrogen) atoms. The first-order valence-electron chi connectivity index (χ1n) is 10.5. The van der Waals surface area contributed by atoms with Gasteiger partial charge in [0.05, 0.1) is 30.0 Å². The Labute approximate surface area is 198 Å². The molecule has 0 bridgehead atoms. The van der Waals surface area contributed by atoms with Crippen LogP contribution in [0, 0.1) is 0 Å². The summed E-state index contributed by atoms with van der Waals surface area (Å²) in [5.74, 6) is -1.17. The molecule has 1 atom stereocenters. The normalized spacial score (nSPS) is 19.1. The molecule has 8 nitrogen and oxygen atoms in total. The quantitative estimate of drug-likeness (QED) is 0.436. The van der Waals surface area contributed by atoms with Crippen LogP contribution in [-0.2, 0) is 21.7 Å². The highest BCUT2D eigenvalue weighted by Crippen LogP contribution is 2.48. The fourth-order valence-electron chi connectivity index (χ4n) is 4.43. The van der Waals surface area contributed by atoms with Crippen LogP contribution in [0.25, 0.3) is 16.6 Å². The second-order valence-electron chi connectivity index (χ2n) is 7.88. The number of aliphatic hydroxyl groups is 1. The molecule has 0 radical (unpaired) electrons. The van der Waals surface area contributed by atoms with Crippen molar-refractivity contribution in [3.8, 4) is 17.2 Å². The van der Waals surface area contributed by atoms with Gasteiger partial charge < -0.3 is 24.1 Å². The number of esters is 1. The number of hydrogen-bond acceptors (Lipinski definition) is 9. The Morgan fingerprint density at radius 1 is 1.06 bits per heavy atom. The largest absolute Gasteiger partial charge is 0.496 e. The lowest BCUT2D eigenvalue weighted by atomic mass is 9.87. The summed E-state index contributed by atoms with van der Waals surface area (Å²) < 4.78 is 30.8. The van der Waals surface area contributed by atoms with Crippen LogP contribution in [0.3, 0.4) is 0 Å². The van der Waals surface area contributed by atoms with Gasteiger partial charge in [0, 0.05) is 12.0 Å². The molecule has 2 aliphatic heterocycles. The zero-order valence-electron chi connectivity index (χ0n) is 18.0. The van der Waals surface area contributed by atoms with E-state index < -0.39 is 11.8 Å². The molecule has 6 rings (SSSR count). The predicted molar refractivity (Wildman–Crippen MR) is 124 cm³/mol. The standard InChI is InChI=1S/C25H18N2O6S/c1-30-19-8-3-2-6-16(19)25(29)17(11-15-5-4-7-18-23(15)27-34-26-18)22(24(28)33-25)14-9-10-20-21(12-14)32-13-31-20/h2-10,12,29H,11,13H2,1H3. The van der Waals surface area contributed by atoms with Gasteiger partial charge in [-0.25, -0.2) is 4.79 Å². The zero-order chi connectivity index (χ0) is 23.3. The fourth-order valence-corrected chi connectivity index (χ4v) is 5.00. The summed E-state index contributed by atoms with van der Waals surface area (Å²) in [5, 5.41) is 11.9. The summed E-state index contributed by atoms with van der Waals surface area (Å²) in [5.41, 5.74) is 3.80. The summed E-state index contributed by atoms with van der Waals surface area (Å²) in [4.78, 5) is 13.3. The number of hydrogen-bond donors (Lipinski definition) is 1. The third kappa shape index (κ3) is 3.12. The number of para-hydroxylation sites is 1. The van der Waals surface area contributed by atoms with Crippen molar-refractivity contribution >= 4 is 34.3 Å². The van der Waals surface area contributed by atoms with Crippen molar-refractivity contribution in [2.24, 2.45) is 0 Å². The third-order valence-electron chi connectivity index (χ3n) is 6.03. The maximum absolute atomic E-state index is 13.3. The first-order valence-corrected chi connectivity index (χ1v) is 11.2. The summed E-state index contributed by atoms with van der Waals surface area (Å²) in [6.45, 7) is 0.110. The van der Waals surface area contributed by atoms with E-state index >= 15 is 0 Å². The minimum Gasteiger partial charge on any atom is -0.496 e. The smallest absolute Gasteiger partial charge is 0.342 e. The van der Waals surface area contributed by atoms with Crippen molar-refractivity contribution in [2.45, 2.75) is 12.2 Å². The molecular weight excluding hydrogens is 456 g/mol. The van der Waals surface area contributed by atoms with Crippen LogP contribution in [0.2, 0.25) is 0 Å². The number of benzene rings is 3. The van der Waals surface area contributed by atoms with Gasteiger partial charge in [-0.05, 0) is 41.5 Å². The van der Waals surface area contributed by atoms with Gasteiger partial charge in [-0.1, -0.05) is 30.3 Å². The number of carbonyl (C=O) groups excluding carboxylic acids is 1. The van der Waals surface area contributed by atoms with E-state index in [1.54, 1.807) is 42.5 Å². The van der Waals surface area contributed by atoms with E-state index in [1.165, 1.54) is 7.11 Å². The molecule has 0 aliphatic carbocycles. The Morgan fingerprint density at radius 3 is 2.79 bits per heavy atom. The van der Waals surface area contributed by atoms with Crippen LogP contribution in [-0.4, -0.2) is 33.7 Å². The maximum atomic E-state index is 13.3. The second-order valence-corrected chi connectivity index (χ2v) is 8.41. The van der Waals surface area contributed by atoms with Crippen LogP contribution >= 0.6 is 11.7 Å². The number of carbonyl (C=O) groups is 1. The van der Waals surface area contributed by atoms with Gasteiger partial charge in [-0.2, -0.15) is 8.75 Å². The van der Waals surface area contributed by atoms with Crippen LogP contribution in [0.15, 0.2) is 66.2 Å². The van der Waals surface area contributed by atoms with E-state index in [4.69, 9.17) is 18.9 Å². The van der Waals surface area contributed by atoms with Crippen LogP contribution in [0.4, 0.5) is 0 Å². The number of rotatable bonds is 5. The number of nitrogens with zero attached hydrogens (tertiary/aromatic N) is 2. The molecule has 3 aromatic carbocycles. The Hall–Kier alpha value is -3.95. The average molecular weight is 474 g/mol. The van der Waals surface area contributed by atoms with E-state index in [0.717, 1.165) is 22.8 Å². The molecule has 3 heterocycles. The highest BCUT2D eigenvalue weighted by atomic mass is 32.1. The summed E-state index contributed by atoms with van der Waals surface area (Å²) in [7, 11) is 1.50. The lowest BCUT2D eigenvalue weighted by Gasteiger charge is -2.27. The lowest BCUT2D eigenvalue weighted by Crippen LogP contribution is -2.30. The van der Waals surface area contributed by atoms with Gasteiger partial charge in [0.15, 0.2) is 11.5 Å². The highest BCUT2D eigenvalue weighted by molar-refractivity contribution is 7.00. The van der Waals surface area contributed by atoms with Gasteiger partial charge in [0.1, 0.15) is 16.8 Å². The Kier molecular flexibility index (Phi) is 4.75. The molecule has 0 saturated heterocycles. The maximum Gasteiger partial charge on any atom is 0.342 e. The van der Waals surface area contributed by atoms with Crippen LogP contribution in [0.5, 0.6) is 17.2 Å². The van der Waals surface area contributed by atoms with E-state index in [1.807, 2.05) is 18.2 Å². The van der Waals surface area contributed by atoms with E-state index in [2.05, 4.69) is 8.75 Å². The number of ether oxygens (including phenoxy) is 4. The summed E-state index contributed by atoms with van der Waals surface area (Å²) >= 11 is 1.11. The molecule has 4 aromatic rings. The van der Waals surface area contributed by atoms with E-state index in [9.17, 15) is 9.90 Å². The van der Waals surface area contributed by atoms with E-state index in [0.29, 0.717) is 39.5 Å². The SMILES string of the molecule is COc1ccccc1C1(O)OC(=O)C(c2ccc3c(c2)OCO3)=C1Cc1cccc2nsnc12. The molecule has 1 N–H and O–H groups in total. The molecule has 9 heteroatoms. The molecule has 170 valence electrons. The highest BCUT2D eigenvalue weighted by Gasteiger charge is 2.49. The topological polar surface area (TPSA) is 100 Å². The van der Waals surface area contributed by atoms with Crippen LogP contribution < -0.4 is 14.2 Å². The van der Waals surface area contributed by atoms with Gasteiger partial charge >= 0.3 is 5.97 Å². The van der Waals surface area contributed by atoms with Crippen molar-refractivity contribution in [2.75, 3.05) is 13.9 Å². The van der Waals surface area contributed by atoms with Crippen molar-refractivity contribution in [3.63, 3.8) is 0 Å². The lowest BCUT2D eigenvalue weighted by molar-refractivity contribution is -0.185. The molecule has 1 unspecified atom stereocenters. The first kappa shape index (κ1) is 20.6. The molecule has 0 spiro atoms. The molecular formula is C25H18N2O6S. The molecule has 0 amide bonds. The third-order valence-corrected chi connectivity index (χ3v) is 6.57. The van der Waals surface area contributed by atoms with Crippen molar-refractivity contribution in [3.05, 3.63) is 82.9 Å². The van der Waals surface area contributed by atoms with E-state index in [-0.39, 0.29) is 18.8 Å². The van der Waals surface area contributed by atoms with Gasteiger partial charge in [0.25, 0.3) is 5.79 Å². The van der Waals surface area contributed by atoms with Crippen LogP contribution in [0.1, 0.15) is 16.7 Å². The monoisotopic (exact) mass is 474 g/mol. The molecule has 1 aromatic heterocycles. The van der Waals surface area contributed by atoms with Crippen molar-refractivity contribution < 1.29 is 28.8 Å². The average Bonchev–Trinajstić information content (AvgIpc) is 3.57. The minimum absolute atomic E-state index is 0.110. The number of aromatic nitrogens is 2. The molecule has 0 saturated carbocycles. The first-order chi connectivity index (χ1) is 16.6. The summed E-state index contributed by atoms with van der Waals surface area (Å²) in [6, 6.07) is 17.8. The Morgan fingerprint density at radius 2 is 1.91 bits per heavy atom. The summed E-state index contributed by atoms with van der Waals surface area (Å²) in [6.07, 6.45) is 0.201. The Bertz CT molecular complexity index is 1480. The number of cyclic esters (lactones) is 1. The van der Waals surface area contributed by atoms with Gasteiger partial charge in [0.2, 0.25) is 6.79 Å². The van der Waals surface area contributed by atoms with Crippen molar-refractivity contribution in [1.82, 2.24) is 8.75 Å². The van der Waals surface area contributed by atoms with Gasteiger partial charge in [-0.3, -0.25) is 0 Å². The fraction of sp³-hybridized carbons (Fsp3) is 0.160. The van der Waals surface area contributed by atoms with Crippen molar-refractivity contribution in [1.29, 1.82) is 0 Å². The predicted octanol–water partition coefficient (Wildman–Crippen LogP) is 3.83. The van der Waals surface area contributed by atoms with Gasteiger partial charge in [-0.15, -0.1) is 0 Å². The second kappa shape index (κ2) is 7.82. The number of methoxy groups -OCH3 is 1. The number of fused-ring (bicyclic) bond motifs is 2. The Balaban J connectivity index is 1.58. The minimum atomic E-state index is -2.04. The molecule has 0 fully saturated rings. The molecule has 2 aliphatic rings. The zero-order valence-corrected chi connectivity index (χ0v) is 18.8.